The molecule has 0 radical (unpaired) electrons. The van der Waals surface area contributed by atoms with Gasteiger partial charge in [0, 0.05) is 37.2 Å². The van der Waals surface area contributed by atoms with E-state index in [1.807, 2.05) is 4.90 Å². The third-order valence-corrected chi connectivity index (χ3v) is 4.52. The van der Waals surface area contributed by atoms with Crippen molar-refractivity contribution in [1.82, 2.24) is 4.90 Å². The predicted molar refractivity (Wildman–Crippen MR) is 81.0 cm³/mol. The number of hydrogen-bond donors (Lipinski definition) is 0. The predicted octanol–water partition coefficient (Wildman–Crippen LogP) is 3.15. The zero-order chi connectivity index (χ0) is 14.8. The fourth-order valence-electron chi connectivity index (χ4n) is 2.87. The number of ether oxygens (including phenoxy) is 2. The quantitative estimate of drug-likeness (QED) is 0.855. The molecule has 4 nitrogen and oxygen atoms in total. The second-order valence-electron chi connectivity index (χ2n) is 5.35. The van der Waals surface area contributed by atoms with Gasteiger partial charge in [-0.15, -0.1) is 0 Å². The molecule has 1 amide bonds. The minimum Gasteiger partial charge on any atom is -0.479 e. The second kappa shape index (κ2) is 6.42. The van der Waals surface area contributed by atoms with Gasteiger partial charge in [0.1, 0.15) is 5.75 Å². The van der Waals surface area contributed by atoms with Crippen LogP contribution >= 0.6 is 23.2 Å². The van der Waals surface area contributed by atoms with E-state index in [2.05, 4.69) is 0 Å². The molecule has 2 heterocycles. The Morgan fingerprint density at radius 1 is 1.19 bits per heavy atom. The Morgan fingerprint density at radius 3 is 2.67 bits per heavy atom. The molecular formula is C15H17Cl2NO3. The largest absolute Gasteiger partial charge is 0.479 e. The van der Waals surface area contributed by atoms with Crippen molar-refractivity contribution in [3.8, 4) is 5.75 Å². The SMILES string of the molecule is O=C1C(Oc2ccc(Cl)cc2Cl)CCN1C1CCOCC1. The Balaban J connectivity index is 1.66. The number of nitrogens with zero attached hydrogens (tertiary/aromatic N) is 1. The molecule has 1 atom stereocenters. The molecule has 21 heavy (non-hydrogen) atoms. The Bertz CT molecular complexity index is 532. The molecule has 2 saturated heterocycles. The van der Waals surface area contributed by atoms with Gasteiger partial charge in [0.2, 0.25) is 0 Å². The molecule has 0 saturated carbocycles. The van der Waals surface area contributed by atoms with Crippen LogP contribution < -0.4 is 4.74 Å². The van der Waals surface area contributed by atoms with Crippen molar-refractivity contribution < 1.29 is 14.3 Å². The van der Waals surface area contributed by atoms with Gasteiger partial charge in [-0.1, -0.05) is 23.2 Å². The number of likely N-dealkylation sites (tertiary alicyclic amines) is 1. The molecule has 0 spiro atoms. The molecule has 3 rings (SSSR count). The van der Waals surface area contributed by atoms with E-state index in [4.69, 9.17) is 32.7 Å². The van der Waals surface area contributed by atoms with E-state index < -0.39 is 6.10 Å². The van der Waals surface area contributed by atoms with E-state index in [1.54, 1.807) is 18.2 Å². The lowest BCUT2D eigenvalue weighted by Crippen LogP contribution is -2.42. The zero-order valence-corrected chi connectivity index (χ0v) is 13.1. The summed E-state index contributed by atoms with van der Waals surface area (Å²) in [7, 11) is 0. The van der Waals surface area contributed by atoms with Gasteiger partial charge in [0.25, 0.3) is 5.91 Å². The van der Waals surface area contributed by atoms with Crippen LogP contribution in [0.25, 0.3) is 0 Å². The summed E-state index contributed by atoms with van der Waals surface area (Å²) in [4.78, 5) is 14.4. The van der Waals surface area contributed by atoms with Gasteiger partial charge < -0.3 is 14.4 Å². The molecule has 0 aromatic heterocycles. The van der Waals surface area contributed by atoms with Crippen LogP contribution in [-0.4, -0.2) is 42.7 Å². The van der Waals surface area contributed by atoms with Gasteiger partial charge in [-0.2, -0.15) is 0 Å². The summed E-state index contributed by atoms with van der Waals surface area (Å²) < 4.78 is 11.1. The number of carbonyl (C=O) groups is 1. The second-order valence-corrected chi connectivity index (χ2v) is 6.19. The van der Waals surface area contributed by atoms with Gasteiger partial charge in [-0.05, 0) is 31.0 Å². The van der Waals surface area contributed by atoms with E-state index in [0.29, 0.717) is 22.2 Å². The number of hydrogen-bond acceptors (Lipinski definition) is 3. The molecule has 1 aromatic carbocycles. The number of amides is 1. The highest BCUT2D eigenvalue weighted by Gasteiger charge is 2.38. The Kier molecular flexibility index (Phi) is 4.57. The van der Waals surface area contributed by atoms with Crippen molar-refractivity contribution in [2.75, 3.05) is 19.8 Å². The fourth-order valence-corrected chi connectivity index (χ4v) is 3.32. The van der Waals surface area contributed by atoms with E-state index in [1.165, 1.54) is 0 Å². The molecule has 0 N–H and O–H groups in total. The van der Waals surface area contributed by atoms with E-state index in [0.717, 1.165) is 32.6 Å². The molecule has 2 aliphatic heterocycles. The van der Waals surface area contributed by atoms with Crippen LogP contribution in [0.4, 0.5) is 0 Å². The zero-order valence-electron chi connectivity index (χ0n) is 11.6. The fraction of sp³-hybridized carbons (Fsp3) is 0.533. The van der Waals surface area contributed by atoms with E-state index >= 15 is 0 Å². The van der Waals surface area contributed by atoms with Gasteiger partial charge in [-0.25, -0.2) is 0 Å². The molecule has 0 aliphatic carbocycles. The van der Waals surface area contributed by atoms with Crippen LogP contribution in [0.3, 0.4) is 0 Å². The minimum absolute atomic E-state index is 0.0490. The first-order chi connectivity index (χ1) is 10.1. The standard InChI is InChI=1S/C15H17Cl2NO3/c16-10-1-2-13(12(17)9-10)21-14-3-6-18(15(14)19)11-4-7-20-8-5-11/h1-2,9,11,14H,3-8H2. The number of carbonyl (C=O) groups excluding carboxylic acids is 1. The third kappa shape index (κ3) is 3.28. The molecule has 1 aromatic rings. The monoisotopic (exact) mass is 329 g/mol. The molecule has 0 bridgehead atoms. The summed E-state index contributed by atoms with van der Waals surface area (Å²) in [5.74, 6) is 0.557. The average molecular weight is 330 g/mol. The van der Waals surface area contributed by atoms with Gasteiger partial charge in [0.05, 0.1) is 5.02 Å². The molecule has 1 unspecified atom stereocenters. The highest BCUT2D eigenvalue weighted by Crippen LogP contribution is 2.31. The highest BCUT2D eigenvalue weighted by molar-refractivity contribution is 6.35. The van der Waals surface area contributed by atoms with Crippen molar-refractivity contribution in [2.24, 2.45) is 0 Å². The Morgan fingerprint density at radius 2 is 1.95 bits per heavy atom. The molecule has 2 aliphatic rings. The molecule has 2 fully saturated rings. The first kappa shape index (κ1) is 14.9. The topological polar surface area (TPSA) is 38.8 Å². The van der Waals surface area contributed by atoms with Gasteiger partial charge in [0.15, 0.2) is 6.10 Å². The van der Waals surface area contributed by atoms with Crippen LogP contribution in [0.15, 0.2) is 18.2 Å². The molecule has 114 valence electrons. The van der Waals surface area contributed by atoms with Crippen molar-refractivity contribution >= 4 is 29.1 Å². The van der Waals surface area contributed by atoms with Crippen LogP contribution in [0.2, 0.25) is 10.0 Å². The number of rotatable bonds is 3. The van der Waals surface area contributed by atoms with Crippen molar-refractivity contribution in [3.63, 3.8) is 0 Å². The molecule has 6 heteroatoms. The summed E-state index contributed by atoms with van der Waals surface area (Å²) in [6.45, 7) is 2.19. The lowest BCUT2D eigenvalue weighted by atomic mass is 10.1. The first-order valence-corrected chi connectivity index (χ1v) is 7.90. The van der Waals surface area contributed by atoms with Crippen LogP contribution in [0.5, 0.6) is 5.75 Å². The van der Waals surface area contributed by atoms with Crippen LogP contribution in [-0.2, 0) is 9.53 Å². The summed E-state index contributed by atoms with van der Waals surface area (Å²) in [5.41, 5.74) is 0. The minimum atomic E-state index is -0.452. The maximum Gasteiger partial charge on any atom is 0.263 e. The van der Waals surface area contributed by atoms with Gasteiger partial charge in [-0.3, -0.25) is 4.79 Å². The third-order valence-electron chi connectivity index (χ3n) is 3.99. The van der Waals surface area contributed by atoms with Crippen LogP contribution in [0, 0.1) is 0 Å². The van der Waals surface area contributed by atoms with Crippen molar-refractivity contribution in [3.05, 3.63) is 28.2 Å². The maximum atomic E-state index is 12.5. The number of benzene rings is 1. The Labute approximate surface area is 133 Å². The maximum absolute atomic E-state index is 12.5. The number of halogens is 2. The summed E-state index contributed by atoms with van der Waals surface area (Å²) in [6, 6.07) is 5.31. The summed E-state index contributed by atoms with van der Waals surface area (Å²) >= 11 is 11.9. The van der Waals surface area contributed by atoms with Gasteiger partial charge >= 0.3 is 0 Å². The summed E-state index contributed by atoms with van der Waals surface area (Å²) in [6.07, 6.45) is 2.04. The van der Waals surface area contributed by atoms with Crippen LogP contribution in [0.1, 0.15) is 19.3 Å². The van der Waals surface area contributed by atoms with Crippen molar-refractivity contribution in [2.45, 2.75) is 31.4 Å². The first-order valence-electron chi connectivity index (χ1n) is 7.15. The van der Waals surface area contributed by atoms with E-state index in [-0.39, 0.29) is 11.9 Å². The van der Waals surface area contributed by atoms with E-state index in [9.17, 15) is 4.79 Å². The highest BCUT2D eigenvalue weighted by atomic mass is 35.5. The lowest BCUT2D eigenvalue weighted by Gasteiger charge is -2.31. The lowest BCUT2D eigenvalue weighted by molar-refractivity contribution is -0.136. The Hall–Kier alpha value is -0.970. The summed E-state index contributed by atoms with van der Waals surface area (Å²) in [5, 5.41) is 0.980. The average Bonchev–Trinajstić information content (AvgIpc) is 2.84. The molecular weight excluding hydrogens is 313 g/mol. The normalized spacial score (nSPS) is 23.6. The smallest absolute Gasteiger partial charge is 0.263 e. The van der Waals surface area contributed by atoms with Crippen molar-refractivity contribution in [1.29, 1.82) is 0 Å².